The van der Waals surface area contributed by atoms with Gasteiger partial charge in [-0.3, -0.25) is 4.79 Å². The molecule has 0 spiro atoms. The van der Waals surface area contributed by atoms with Gasteiger partial charge >= 0.3 is 0 Å². The molecule has 0 saturated carbocycles. The molecule has 0 aliphatic rings. The molecule has 0 radical (unpaired) electrons. The van der Waals surface area contributed by atoms with E-state index in [4.69, 9.17) is 11.6 Å². The van der Waals surface area contributed by atoms with Crippen LogP contribution in [-0.2, 0) is 6.42 Å². The van der Waals surface area contributed by atoms with Crippen LogP contribution in [0.2, 0.25) is 5.02 Å². The van der Waals surface area contributed by atoms with Gasteiger partial charge in [-0.2, -0.15) is 0 Å². The minimum absolute atomic E-state index is 0.187. The van der Waals surface area contributed by atoms with Gasteiger partial charge in [-0.05, 0) is 18.2 Å². The summed E-state index contributed by atoms with van der Waals surface area (Å²) in [4.78, 5) is 14.6. The van der Waals surface area contributed by atoms with Gasteiger partial charge in [0.15, 0.2) is 6.29 Å². The van der Waals surface area contributed by atoms with Crippen LogP contribution in [0.25, 0.3) is 0 Å². The summed E-state index contributed by atoms with van der Waals surface area (Å²) >= 11 is 7.22. The maximum Gasteiger partial charge on any atom is 0.169 e. The van der Waals surface area contributed by atoms with Gasteiger partial charge in [0, 0.05) is 22.4 Å². The van der Waals surface area contributed by atoms with E-state index in [0.29, 0.717) is 29.0 Å². The highest BCUT2D eigenvalue weighted by Gasteiger charge is 2.07. The molecule has 0 aliphatic carbocycles. The SMILES string of the molecule is O=Cc1csc(Cc2cc(Cl)ccc2O)n1. The molecular weight excluding hydrogens is 246 g/mol. The van der Waals surface area contributed by atoms with E-state index in [1.807, 2.05) is 0 Å². The molecule has 2 aromatic rings. The lowest BCUT2D eigenvalue weighted by Crippen LogP contribution is -1.89. The number of aromatic hydroxyl groups is 1. The summed E-state index contributed by atoms with van der Waals surface area (Å²) in [7, 11) is 0. The number of rotatable bonds is 3. The van der Waals surface area contributed by atoms with Crippen LogP contribution in [-0.4, -0.2) is 16.4 Å². The molecule has 0 aliphatic heterocycles. The lowest BCUT2D eigenvalue weighted by atomic mass is 10.1. The normalized spacial score (nSPS) is 10.3. The van der Waals surface area contributed by atoms with Gasteiger partial charge in [0.05, 0.1) is 5.01 Å². The summed E-state index contributed by atoms with van der Waals surface area (Å²) in [5.41, 5.74) is 1.13. The van der Waals surface area contributed by atoms with Crippen molar-refractivity contribution < 1.29 is 9.90 Å². The fourth-order valence-corrected chi connectivity index (χ4v) is 2.28. The molecule has 0 bridgehead atoms. The number of carbonyl (C=O) groups is 1. The highest BCUT2D eigenvalue weighted by molar-refractivity contribution is 7.09. The largest absolute Gasteiger partial charge is 0.508 e. The quantitative estimate of drug-likeness (QED) is 0.856. The van der Waals surface area contributed by atoms with E-state index in [1.165, 1.54) is 11.3 Å². The summed E-state index contributed by atoms with van der Waals surface area (Å²) in [5.74, 6) is 0.187. The van der Waals surface area contributed by atoms with Crippen molar-refractivity contribution in [2.75, 3.05) is 0 Å². The first-order valence-electron chi connectivity index (χ1n) is 4.56. The second-order valence-corrected chi connectivity index (χ2v) is 4.61. The van der Waals surface area contributed by atoms with Crippen molar-refractivity contribution in [3.05, 3.63) is 44.9 Å². The van der Waals surface area contributed by atoms with E-state index < -0.39 is 0 Å². The highest BCUT2D eigenvalue weighted by atomic mass is 35.5. The number of nitrogens with zero attached hydrogens (tertiary/aromatic N) is 1. The Balaban J connectivity index is 2.26. The molecule has 1 aromatic heterocycles. The fourth-order valence-electron chi connectivity index (χ4n) is 1.32. The maximum absolute atomic E-state index is 10.5. The fraction of sp³-hybridized carbons (Fsp3) is 0.0909. The Bertz CT molecular complexity index is 524. The van der Waals surface area contributed by atoms with Crippen molar-refractivity contribution in [1.29, 1.82) is 0 Å². The first kappa shape index (κ1) is 11.1. The number of aromatic nitrogens is 1. The number of phenols is 1. The van der Waals surface area contributed by atoms with Gasteiger partial charge in [0.1, 0.15) is 11.4 Å². The topological polar surface area (TPSA) is 50.2 Å². The Labute approximate surface area is 101 Å². The number of thiazole rings is 1. The van der Waals surface area contributed by atoms with E-state index in [2.05, 4.69) is 4.98 Å². The summed E-state index contributed by atoms with van der Waals surface area (Å²) in [6, 6.07) is 4.86. The summed E-state index contributed by atoms with van der Waals surface area (Å²) < 4.78 is 0. The Morgan fingerprint density at radius 2 is 2.31 bits per heavy atom. The van der Waals surface area contributed by atoms with Crippen LogP contribution in [0.4, 0.5) is 0 Å². The van der Waals surface area contributed by atoms with E-state index in [0.717, 1.165) is 5.01 Å². The van der Waals surface area contributed by atoms with Crippen LogP contribution in [0, 0.1) is 0 Å². The van der Waals surface area contributed by atoms with Gasteiger partial charge in [-0.1, -0.05) is 11.6 Å². The molecule has 16 heavy (non-hydrogen) atoms. The molecule has 0 atom stereocenters. The lowest BCUT2D eigenvalue weighted by molar-refractivity contribution is 0.111. The van der Waals surface area contributed by atoms with Crippen molar-refractivity contribution in [2.45, 2.75) is 6.42 Å². The Morgan fingerprint density at radius 3 is 3.00 bits per heavy atom. The van der Waals surface area contributed by atoms with Crippen molar-refractivity contribution in [1.82, 2.24) is 4.98 Å². The Morgan fingerprint density at radius 1 is 1.50 bits per heavy atom. The molecular formula is C11H8ClNO2S. The smallest absolute Gasteiger partial charge is 0.169 e. The van der Waals surface area contributed by atoms with Crippen LogP contribution in [0.5, 0.6) is 5.75 Å². The van der Waals surface area contributed by atoms with E-state index in [-0.39, 0.29) is 5.75 Å². The third-order valence-corrected chi connectivity index (χ3v) is 3.18. The van der Waals surface area contributed by atoms with E-state index in [9.17, 15) is 9.90 Å². The number of benzene rings is 1. The predicted molar refractivity (Wildman–Crippen MR) is 63.4 cm³/mol. The zero-order chi connectivity index (χ0) is 11.5. The monoisotopic (exact) mass is 253 g/mol. The summed E-state index contributed by atoms with van der Waals surface area (Å²) in [6.07, 6.45) is 1.18. The van der Waals surface area contributed by atoms with Crippen LogP contribution in [0.15, 0.2) is 23.6 Å². The van der Waals surface area contributed by atoms with Crippen molar-refractivity contribution >= 4 is 29.2 Å². The molecule has 1 aromatic carbocycles. The molecule has 0 unspecified atom stereocenters. The van der Waals surface area contributed by atoms with Gasteiger partial charge in [0.2, 0.25) is 0 Å². The Hall–Kier alpha value is -1.39. The van der Waals surface area contributed by atoms with Crippen molar-refractivity contribution in [2.24, 2.45) is 0 Å². The molecule has 1 heterocycles. The molecule has 3 nitrogen and oxygen atoms in total. The van der Waals surface area contributed by atoms with E-state index in [1.54, 1.807) is 23.6 Å². The number of phenolic OH excluding ortho intramolecular Hbond substituents is 1. The Kier molecular flexibility index (Phi) is 3.22. The zero-order valence-corrected chi connectivity index (χ0v) is 9.76. The number of aldehydes is 1. The van der Waals surface area contributed by atoms with Gasteiger partial charge < -0.3 is 5.11 Å². The van der Waals surface area contributed by atoms with Crippen LogP contribution < -0.4 is 0 Å². The average molecular weight is 254 g/mol. The highest BCUT2D eigenvalue weighted by Crippen LogP contribution is 2.25. The lowest BCUT2D eigenvalue weighted by Gasteiger charge is -2.02. The predicted octanol–water partition coefficient (Wildman–Crippen LogP) is 2.91. The molecule has 0 amide bonds. The zero-order valence-electron chi connectivity index (χ0n) is 8.18. The summed E-state index contributed by atoms with van der Waals surface area (Å²) in [5, 5.41) is 12.6. The summed E-state index contributed by atoms with van der Waals surface area (Å²) in [6.45, 7) is 0. The minimum atomic E-state index is 0.187. The number of hydrogen-bond acceptors (Lipinski definition) is 4. The molecule has 82 valence electrons. The van der Waals surface area contributed by atoms with Gasteiger partial charge in [-0.25, -0.2) is 4.98 Å². The van der Waals surface area contributed by atoms with Gasteiger partial charge in [0.25, 0.3) is 0 Å². The van der Waals surface area contributed by atoms with Crippen LogP contribution >= 0.6 is 22.9 Å². The average Bonchev–Trinajstić information content (AvgIpc) is 2.71. The molecule has 2 rings (SSSR count). The second kappa shape index (κ2) is 4.63. The molecule has 5 heteroatoms. The third kappa shape index (κ3) is 2.40. The maximum atomic E-state index is 10.5. The van der Waals surface area contributed by atoms with Gasteiger partial charge in [-0.15, -0.1) is 11.3 Å². The first-order chi connectivity index (χ1) is 7.69. The second-order valence-electron chi connectivity index (χ2n) is 3.23. The third-order valence-electron chi connectivity index (χ3n) is 2.07. The molecule has 0 fully saturated rings. The first-order valence-corrected chi connectivity index (χ1v) is 5.82. The standard InChI is InChI=1S/C11H8ClNO2S/c12-8-1-2-10(15)7(3-8)4-11-13-9(5-14)6-16-11/h1-3,5-6,15H,4H2. The molecule has 1 N–H and O–H groups in total. The van der Waals surface area contributed by atoms with Crippen LogP contribution in [0.3, 0.4) is 0 Å². The van der Waals surface area contributed by atoms with E-state index >= 15 is 0 Å². The van der Waals surface area contributed by atoms with Crippen molar-refractivity contribution in [3.63, 3.8) is 0 Å². The minimum Gasteiger partial charge on any atom is -0.508 e. The van der Waals surface area contributed by atoms with Crippen molar-refractivity contribution in [3.8, 4) is 5.75 Å². The molecule has 0 saturated heterocycles. The number of carbonyl (C=O) groups excluding carboxylic acids is 1. The number of halogens is 1. The number of hydrogen-bond donors (Lipinski definition) is 1. The van der Waals surface area contributed by atoms with Crippen LogP contribution in [0.1, 0.15) is 21.1 Å².